The summed E-state index contributed by atoms with van der Waals surface area (Å²) in [6.45, 7) is 0. The number of nitrogens with two attached hydrogens (primary N) is 1. The number of hydrogen-bond acceptors (Lipinski definition) is 2. The van der Waals surface area contributed by atoms with Gasteiger partial charge >= 0.3 is 12.5 Å². The molecule has 1 heterocycles. The Morgan fingerprint density at radius 2 is 1.75 bits per heavy atom. The number of nitrogens with zero attached hydrogens (tertiary/aromatic N) is 2. The fourth-order valence-electron chi connectivity index (χ4n) is 0.893. The summed E-state index contributed by atoms with van der Waals surface area (Å²) < 4.78 is 71.6. The Bertz CT molecular complexity index is 417. The highest BCUT2D eigenvalue weighted by atomic mass is 19.4. The van der Waals surface area contributed by atoms with Crippen LogP contribution >= 0.6 is 0 Å². The van der Waals surface area contributed by atoms with E-state index in [0.717, 1.165) is 0 Å². The van der Waals surface area contributed by atoms with Gasteiger partial charge in [0.15, 0.2) is 5.69 Å². The molecule has 16 heavy (non-hydrogen) atoms. The summed E-state index contributed by atoms with van der Waals surface area (Å²) in [4.78, 5) is 10.5. The molecule has 0 bridgehead atoms. The van der Waals surface area contributed by atoms with E-state index in [4.69, 9.17) is 0 Å². The van der Waals surface area contributed by atoms with Gasteiger partial charge in [-0.05, 0) is 0 Å². The first-order valence-corrected chi connectivity index (χ1v) is 3.57. The van der Waals surface area contributed by atoms with Crippen molar-refractivity contribution in [3.05, 3.63) is 17.5 Å². The number of alkyl halides is 6. The van der Waals surface area contributed by atoms with Crippen molar-refractivity contribution in [2.24, 2.45) is 5.73 Å². The average Bonchev–Trinajstić information content (AvgIpc) is 2.44. The molecule has 0 saturated carbocycles. The summed E-state index contributed by atoms with van der Waals surface area (Å²) >= 11 is 0. The van der Waals surface area contributed by atoms with Gasteiger partial charge in [0.25, 0.3) is 5.91 Å². The van der Waals surface area contributed by atoms with Crippen LogP contribution in [0.5, 0.6) is 0 Å². The van der Waals surface area contributed by atoms with Crippen molar-refractivity contribution in [3.63, 3.8) is 0 Å². The van der Waals surface area contributed by atoms with Crippen molar-refractivity contribution in [3.8, 4) is 0 Å². The van der Waals surface area contributed by atoms with Crippen LogP contribution in [0.1, 0.15) is 16.1 Å². The minimum atomic E-state index is -5.18. The molecule has 0 unspecified atom stereocenters. The number of carbonyl (C=O) groups is 1. The Hall–Kier alpha value is -1.74. The van der Waals surface area contributed by atoms with Crippen molar-refractivity contribution in [2.75, 3.05) is 0 Å². The molecule has 0 atom stereocenters. The third-order valence-corrected chi connectivity index (χ3v) is 1.51. The van der Waals surface area contributed by atoms with Crippen molar-refractivity contribution < 1.29 is 31.1 Å². The van der Waals surface area contributed by atoms with Gasteiger partial charge in [0.2, 0.25) is 0 Å². The number of rotatable bonds is 1. The van der Waals surface area contributed by atoms with Gasteiger partial charge in [-0.2, -0.15) is 23.0 Å². The van der Waals surface area contributed by atoms with Crippen LogP contribution in [0.15, 0.2) is 6.20 Å². The second kappa shape index (κ2) is 3.39. The minimum absolute atomic E-state index is 0.106. The molecule has 0 aliphatic rings. The fourth-order valence-corrected chi connectivity index (χ4v) is 0.893. The first kappa shape index (κ1) is 12.3. The van der Waals surface area contributed by atoms with Crippen LogP contribution in [-0.2, 0) is 12.5 Å². The number of hydrogen-bond donors (Lipinski definition) is 1. The van der Waals surface area contributed by atoms with Crippen LogP contribution in [0, 0.1) is 0 Å². The molecule has 1 aromatic heterocycles. The monoisotopic (exact) mass is 247 g/mol. The van der Waals surface area contributed by atoms with Crippen molar-refractivity contribution in [1.29, 1.82) is 0 Å². The van der Waals surface area contributed by atoms with Crippen LogP contribution < -0.4 is 5.73 Å². The van der Waals surface area contributed by atoms with E-state index in [9.17, 15) is 31.1 Å². The molecule has 4 nitrogen and oxygen atoms in total. The molecule has 0 aromatic carbocycles. The first-order chi connectivity index (χ1) is 7.03. The van der Waals surface area contributed by atoms with Crippen LogP contribution in [0.25, 0.3) is 0 Å². The molecule has 2 N–H and O–H groups in total. The van der Waals surface area contributed by atoms with E-state index in [-0.39, 0.29) is 6.20 Å². The highest BCUT2D eigenvalue weighted by Gasteiger charge is 2.42. The van der Waals surface area contributed by atoms with E-state index in [1.165, 1.54) is 0 Å². The van der Waals surface area contributed by atoms with Crippen molar-refractivity contribution in [1.82, 2.24) is 9.78 Å². The molecule has 10 heteroatoms. The van der Waals surface area contributed by atoms with Crippen LogP contribution in [-0.4, -0.2) is 15.7 Å². The highest BCUT2D eigenvalue weighted by Crippen LogP contribution is 2.32. The molecular formula is C6H3F6N3O. The van der Waals surface area contributed by atoms with Crippen LogP contribution in [0.2, 0.25) is 0 Å². The molecule has 0 saturated heterocycles. The summed E-state index contributed by atoms with van der Waals surface area (Å²) in [7, 11) is 0. The van der Waals surface area contributed by atoms with Gasteiger partial charge in [0, 0.05) is 6.20 Å². The van der Waals surface area contributed by atoms with Gasteiger partial charge in [0.1, 0.15) is 0 Å². The van der Waals surface area contributed by atoms with Gasteiger partial charge < -0.3 is 5.73 Å². The summed E-state index contributed by atoms with van der Waals surface area (Å²) in [6.07, 6.45) is -10.4. The van der Waals surface area contributed by atoms with E-state index >= 15 is 0 Å². The molecule has 0 fully saturated rings. The molecule has 90 valence electrons. The lowest BCUT2D eigenvalue weighted by molar-refractivity contribution is -0.214. The first-order valence-electron chi connectivity index (χ1n) is 3.57. The van der Waals surface area contributed by atoms with Gasteiger partial charge in [0.05, 0.1) is 5.56 Å². The largest absolute Gasteiger partial charge is 0.504 e. The zero-order chi connectivity index (χ0) is 12.7. The second-order valence-corrected chi connectivity index (χ2v) is 2.67. The van der Waals surface area contributed by atoms with E-state index in [2.05, 4.69) is 10.8 Å². The maximum absolute atomic E-state index is 12.2. The highest BCUT2D eigenvalue weighted by molar-refractivity contribution is 5.93. The summed E-state index contributed by atoms with van der Waals surface area (Å²) in [5.74, 6) is -1.64. The van der Waals surface area contributed by atoms with E-state index in [0.29, 0.717) is 0 Å². The maximum atomic E-state index is 12.2. The van der Waals surface area contributed by atoms with E-state index in [1.54, 1.807) is 0 Å². The Balaban J connectivity index is 3.38. The lowest BCUT2D eigenvalue weighted by atomic mass is 10.2. The van der Waals surface area contributed by atoms with Crippen LogP contribution in [0.4, 0.5) is 26.3 Å². The number of aromatic nitrogens is 2. The number of amides is 1. The second-order valence-electron chi connectivity index (χ2n) is 2.67. The number of primary amides is 1. The predicted molar refractivity (Wildman–Crippen MR) is 37.0 cm³/mol. The molecule has 0 aliphatic heterocycles. The van der Waals surface area contributed by atoms with Gasteiger partial charge in [-0.1, -0.05) is 0 Å². The molecule has 1 amide bonds. The van der Waals surface area contributed by atoms with Crippen molar-refractivity contribution in [2.45, 2.75) is 12.5 Å². The smallest absolute Gasteiger partial charge is 0.365 e. The third-order valence-electron chi connectivity index (χ3n) is 1.51. The topological polar surface area (TPSA) is 60.9 Å². The normalized spacial score (nSPS) is 12.9. The van der Waals surface area contributed by atoms with Gasteiger partial charge in [-0.25, -0.2) is 0 Å². The predicted octanol–water partition coefficient (Wildman–Crippen LogP) is 1.48. The maximum Gasteiger partial charge on any atom is 0.504 e. The third kappa shape index (κ3) is 2.25. The quantitative estimate of drug-likeness (QED) is 0.764. The standard InChI is InChI=1S/C6H3F6N3O/c7-5(8,9)3-2(4(13)16)1-15(14-3)6(10,11)12/h1H,(H2,13,16). The van der Waals surface area contributed by atoms with E-state index in [1.807, 2.05) is 0 Å². The molecule has 1 aromatic rings. The summed E-state index contributed by atoms with van der Waals surface area (Å²) in [5.41, 5.74) is 1.22. The fraction of sp³-hybridized carbons (Fsp3) is 0.333. The average molecular weight is 247 g/mol. The van der Waals surface area contributed by atoms with Crippen molar-refractivity contribution >= 4 is 5.91 Å². The summed E-state index contributed by atoms with van der Waals surface area (Å²) in [5, 5.41) is 2.24. The Morgan fingerprint density at radius 3 is 2.00 bits per heavy atom. The number of carbonyl (C=O) groups excluding carboxylic acids is 1. The Labute approximate surface area is 83.6 Å². The molecule has 0 aliphatic carbocycles. The molecule has 1 rings (SSSR count). The Kier molecular flexibility index (Phi) is 2.61. The molecular weight excluding hydrogens is 244 g/mol. The zero-order valence-corrected chi connectivity index (χ0v) is 7.23. The van der Waals surface area contributed by atoms with E-state index < -0.39 is 34.3 Å². The minimum Gasteiger partial charge on any atom is -0.365 e. The molecule has 0 spiro atoms. The zero-order valence-electron chi connectivity index (χ0n) is 7.23. The Morgan fingerprint density at radius 1 is 1.25 bits per heavy atom. The van der Waals surface area contributed by atoms with Crippen LogP contribution in [0.3, 0.4) is 0 Å². The van der Waals surface area contributed by atoms with Gasteiger partial charge in [-0.3, -0.25) is 4.79 Å². The SMILES string of the molecule is NC(=O)c1cn(C(F)(F)F)nc1C(F)(F)F. The number of halogens is 6. The lowest BCUT2D eigenvalue weighted by Crippen LogP contribution is -2.19. The lowest BCUT2D eigenvalue weighted by Gasteiger charge is -2.05. The molecule has 0 radical (unpaired) electrons. The summed E-state index contributed by atoms with van der Waals surface area (Å²) in [6, 6.07) is 0. The van der Waals surface area contributed by atoms with Gasteiger partial charge in [-0.15, -0.1) is 13.2 Å².